The zero-order valence-electron chi connectivity index (χ0n) is 15.5. The normalized spacial score (nSPS) is 11.2. The number of hydrogen-bond donors (Lipinski definition) is 2. The van der Waals surface area contributed by atoms with Crippen LogP contribution in [0.3, 0.4) is 0 Å². The van der Waals surface area contributed by atoms with Crippen molar-refractivity contribution in [2.75, 3.05) is 17.2 Å². The number of fused-ring (bicyclic) bond motifs is 1. The minimum absolute atomic E-state index is 0.0540. The molecule has 3 rings (SSSR count). The molecule has 2 amide bonds. The first kappa shape index (κ1) is 20.9. The maximum Gasteiger partial charge on any atom is 0.418 e. The molecule has 0 fully saturated rings. The molecule has 0 atom stereocenters. The zero-order valence-corrected chi connectivity index (χ0v) is 15.5. The number of nitrogens with one attached hydrogen (secondary N) is 2. The fourth-order valence-electron chi connectivity index (χ4n) is 2.63. The molecular weight excluding hydrogens is 405 g/mol. The van der Waals surface area contributed by atoms with E-state index in [0.717, 1.165) is 19.1 Å². The summed E-state index contributed by atoms with van der Waals surface area (Å²) in [6.45, 7) is 0.589. The van der Waals surface area contributed by atoms with Crippen molar-refractivity contribution in [3.8, 4) is 5.75 Å². The Labute approximate surface area is 167 Å². The molecule has 0 saturated heterocycles. The van der Waals surface area contributed by atoms with Gasteiger partial charge in [-0.05, 0) is 36.4 Å². The lowest BCUT2D eigenvalue weighted by Crippen LogP contribution is -2.22. The van der Waals surface area contributed by atoms with Crippen molar-refractivity contribution in [1.82, 2.24) is 0 Å². The summed E-state index contributed by atoms with van der Waals surface area (Å²) in [7, 11) is 0. The lowest BCUT2D eigenvalue weighted by Gasteiger charge is -2.16. The van der Waals surface area contributed by atoms with Crippen molar-refractivity contribution < 1.29 is 31.9 Å². The summed E-state index contributed by atoms with van der Waals surface area (Å²) in [5.41, 5.74) is -1.96. The van der Waals surface area contributed by atoms with Gasteiger partial charge in [0.15, 0.2) is 6.61 Å². The van der Waals surface area contributed by atoms with Gasteiger partial charge in [0.1, 0.15) is 11.3 Å². The van der Waals surface area contributed by atoms with E-state index < -0.39 is 41.5 Å². The standard InChI is InChI=1S/C20H15F3N2O5/c1-11(26)24-13-4-6-16(15(8-13)20(21,22)23)25-18(27)10-29-14-5-2-12-3-7-19(28)30-17(12)9-14/h2-9H,10H2,1H3,(H,24,26)(H,25,27). The van der Waals surface area contributed by atoms with Crippen LogP contribution in [0.15, 0.2) is 57.7 Å². The summed E-state index contributed by atoms with van der Waals surface area (Å²) in [6.07, 6.45) is -4.76. The Morgan fingerprint density at radius 1 is 1.03 bits per heavy atom. The van der Waals surface area contributed by atoms with Gasteiger partial charge in [-0.1, -0.05) is 0 Å². The number of carbonyl (C=O) groups is 2. The lowest BCUT2D eigenvalue weighted by atomic mass is 10.1. The van der Waals surface area contributed by atoms with Crippen LogP contribution in [0.2, 0.25) is 0 Å². The third-order valence-electron chi connectivity index (χ3n) is 3.88. The number of ether oxygens (including phenoxy) is 1. The molecule has 2 N–H and O–H groups in total. The SMILES string of the molecule is CC(=O)Nc1ccc(NC(=O)COc2ccc3ccc(=O)oc3c2)c(C(F)(F)F)c1. The molecule has 7 nitrogen and oxygen atoms in total. The van der Waals surface area contributed by atoms with Gasteiger partial charge in [0.25, 0.3) is 5.91 Å². The monoisotopic (exact) mass is 420 g/mol. The molecule has 2 aromatic carbocycles. The fourth-order valence-corrected chi connectivity index (χ4v) is 2.63. The highest BCUT2D eigenvalue weighted by atomic mass is 19.4. The Morgan fingerprint density at radius 3 is 2.47 bits per heavy atom. The maximum absolute atomic E-state index is 13.3. The molecule has 0 unspecified atom stereocenters. The van der Waals surface area contributed by atoms with Crippen molar-refractivity contribution in [3.63, 3.8) is 0 Å². The van der Waals surface area contributed by atoms with E-state index >= 15 is 0 Å². The van der Waals surface area contributed by atoms with Crippen LogP contribution in [0, 0.1) is 0 Å². The largest absolute Gasteiger partial charge is 0.484 e. The van der Waals surface area contributed by atoms with Crippen LogP contribution < -0.4 is 21.0 Å². The second-order valence-corrected chi connectivity index (χ2v) is 6.23. The van der Waals surface area contributed by atoms with Crippen molar-refractivity contribution in [2.45, 2.75) is 13.1 Å². The van der Waals surface area contributed by atoms with Gasteiger partial charge >= 0.3 is 11.8 Å². The van der Waals surface area contributed by atoms with E-state index in [0.29, 0.717) is 5.39 Å². The van der Waals surface area contributed by atoms with Gasteiger partial charge < -0.3 is 19.8 Å². The second-order valence-electron chi connectivity index (χ2n) is 6.23. The Balaban J connectivity index is 1.72. The average molecular weight is 420 g/mol. The van der Waals surface area contributed by atoms with E-state index in [-0.39, 0.29) is 17.0 Å². The lowest BCUT2D eigenvalue weighted by molar-refractivity contribution is -0.137. The highest BCUT2D eigenvalue weighted by Gasteiger charge is 2.34. The van der Waals surface area contributed by atoms with E-state index in [9.17, 15) is 27.6 Å². The molecular formula is C20H15F3N2O5. The van der Waals surface area contributed by atoms with Gasteiger partial charge in [0.05, 0.1) is 11.3 Å². The number of rotatable bonds is 5. The number of carbonyl (C=O) groups excluding carboxylic acids is 2. The number of benzene rings is 2. The Morgan fingerprint density at radius 2 is 1.77 bits per heavy atom. The molecule has 0 aliphatic rings. The van der Waals surface area contributed by atoms with E-state index in [2.05, 4.69) is 10.6 Å². The molecule has 0 aliphatic carbocycles. The van der Waals surface area contributed by atoms with Crippen LogP contribution >= 0.6 is 0 Å². The Hall–Kier alpha value is -3.82. The summed E-state index contributed by atoms with van der Waals surface area (Å²) in [4.78, 5) is 34.4. The van der Waals surface area contributed by atoms with Gasteiger partial charge in [-0.25, -0.2) is 4.79 Å². The predicted octanol–water partition coefficient (Wildman–Crippen LogP) is 3.79. The number of anilines is 2. The molecule has 0 bridgehead atoms. The molecule has 3 aromatic rings. The van der Waals surface area contributed by atoms with Crippen LogP contribution in [0.1, 0.15) is 12.5 Å². The van der Waals surface area contributed by atoms with Crippen molar-refractivity contribution in [1.29, 1.82) is 0 Å². The Bertz CT molecular complexity index is 1170. The highest BCUT2D eigenvalue weighted by Crippen LogP contribution is 2.36. The topological polar surface area (TPSA) is 97.6 Å². The van der Waals surface area contributed by atoms with E-state index in [1.807, 2.05) is 0 Å². The first-order chi connectivity index (χ1) is 14.1. The van der Waals surface area contributed by atoms with Gasteiger partial charge in [0, 0.05) is 30.1 Å². The summed E-state index contributed by atoms with van der Waals surface area (Å²) < 4.78 is 50.2. The fraction of sp³-hybridized carbons (Fsp3) is 0.150. The highest BCUT2D eigenvalue weighted by molar-refractivity contribution is 5.94. The number of hydrogen-bond acceptors (Lipinski definition) is 5. The van der Waals surface area contributed by atoms with Crippen LogP contribution in [0.4, 0.5) is 24.5 Å². The first-order valence-corrected chi connectivity index (χ1v) is 8.57. The van der Waals surface area contributed by atoms with E-state index in [1.165, 1.54) is 24.3 Å². The van der Waals surface area contributed by atoms with E-state index in [1.54, 1.807) is 12.1 Å². The summed E-state index contributed by atoms with van der Waals surface area (Å²) in [5, 5.41) is 5.04. The third-order valence-corrected chi connectivity index (χ3v) is 3.88. The quantitative estimate of drug-likeness (QED) is 0.612. The molecule has 156 valence electrons. The third kappa shape index (κ3) is 5.16. The summed E-state index contributed by atoms with van der Waals surface area (Å²) in [5.74, 6) is -1.16. The minimum Gasteiger partial charge on any atom is -0.484 e. The van der Waals surface area contributed by atoms with Gasteiger partial charge in [0.2, 0.25) is 5.91 Å². The average Bonchev–Trinajstić information content (AvgIpc) is 2.66. The molecule has 30 heavy (non-hydrogen) atoms. The number of alkyl halides is 3. The summed E-state index contributed by atoms with van der Waals surface area (Å²) in [6, 6.07) is 10.3. The molecule has 0 saturated carbocycles. The van der Waals surface area contributed by atoms with Crippen LogP contribution in [-0.2, 0) is 15.8 Å². The molecule has 10 heteroatoms. The molecule has 0 spiro atoms. The number of amides is 2. The minimum atomic E-state index is -4.76. The second kappa shape index (κ2) is 8.27. The van der Waals surface area contributed by atoms with Gasteiger partial charge in [-0.2, -0.15) is 13.2 Å². The summed E-state index contributed by atoms with van der Waals surface area (Å²) >= 11 is 0. The number of halogens is 3. The van der Waals surface area contributed by atoms with Gasteiger partial charge in [-0.15, -0.1) is 0 Å². The molecule has 0 aliphatic heterocycles. The van der Waals surface area contributed by atoms with Crippen LogP contribution in [0.25, 0.3) is 11.0 Å². The van der Waals surface area contributed by atoms with Crippen LogP contribution in [0.5, 0.6) is 5.75 Å². The van der Waals surface area contributed by atoms with Gasteiger partial charge in [-0.3, -0.25) is 9.59 Å². The van der Waals surface area contributed by atoms with E-state index in [4.69, 9.17) is 9.15 Å². The smallest absolute Gasteiger partial charge is 0.418 e. The zero-order chi connectivity index (χ0) is 21.9. The van der Waals surface area contributed by atoms with Crippen molar-refractivity contribution >= 4 is 34.2 Å². The first-order valence-electron chi connectivity index (χ1n) is 8.57. The molecule has 1 heterocycles. The maximum atomic E-state index is 13.3. The van der Waals surface area contributed by atoms with Crippen LogP contribution in [-0.4, -0.2) is 18.4 Å². The van der Waals surface area contributed by atoms with Crippen molar-refractivity contribution in [3.05, 3.63) is 64.5 Å². The Kier molecular flexibility index (Phi) is 5.77. The predicted molar refractivity (Wildman–Crippen MR) is 102 cm³/mol. The van der Waals surface area contributed by atoms with Crippen molar-refractivity contribution in [2.24, 2.45) is 0 Å². The molecule has 0 radical (unpaired) electrons. The molecule has 1 aromatic heterocycles.